The zero-order valence-electron chi connectivity index (χ0n) is 21.4. The first-order chi connectivity index (χ1) is 18.0. The van der Waals surface area contributed by atoms with E-state index < -0.39 is 23.0 Å². The fourth-order valence-electron chi connectivity index (χ4n) is 3.28. The van der Waals surface area contributed by atoms with Gasteiger partial charge in [0.1, 0.15) is 18.0 Å². The monoisotopic (exact) mass is 542 g/mol. The van der Waals surface area contributed by atoms with Gasteiger partial charge in [0, 0.05) is 10.7 Å². The van der Waals surface area contributed by atoms with Crippen LogP contribution >= 0.6 is 11.6 Å². The van der Waals surface area contributed by atoms with E-state index in [1.807, 2.05) is 6.92 Å². The SMILES string of the molecule is COc1nn([C@@H](C)C(=O)N/N=C(/C)c2ccc(NC(=O)[C@H](C)Oc3ccc(Cl)cc3C)cc2)cc1[N+](=O)[O-]. The second kappa shape index (κ2) is 12.2. The van der Waals surface area contributed by atoms with Gasteiger partial charge >= 0.3 is 11.6 Å². The number of nitrogens with one attached hydrogen (secondary N) is 2. The molecule has 3 rings (SSSR count). The molecule has 0 radical (unpaired) electrons. The van der Waals surface area contributed by atoms with Crippen molar-refractivity contribution in [2.24, 2.45) is 5.10 Å². The Kier molecular flexibility index (Phi) is 9.02. The van der Waals surface area contributed by atoms with E-state index in [2.05, 4.69) is 20.9 Å². The van der Waals surface area contributed by atoms with Crippen molar-refractivity contribution in [3.8, 4) is 11.6 Å². The van der Waals surface area contributed by atoms with Crippen molar-refractivity contribution in [1.29, 1.82) is 0 Å². The number of nitro groups is 1. The van der Waals surface area contributed by atoms with Gasteiger partial charge in [0.05, 0.1) is 17.7 Å². The van der Waals surface area contributed by atoms with Gasteiger partial charge in [-0.1, -0.05) is 23.7 Å². The van der Waals surface area contributed by atoms with Crippen LogP contribution in [0.2, 0.25) is 5.02 Å². The fourth-order valence-corrected chi connectivity index (χ4v) is 3.51. The third kappa shape index (κ3) is 6.85. The first kappa shape index (κ1) is 28.1. The van der Waals surface area contributed by atoms with E-state index in [-0.39, 0.29) is 17.5 Å². The third-order valence-corrected chi connectivity index (χ3v) is 5.80. The lowest BCUT2D eigenvalue weighted by Crippen LogP contribution is -2.30. The zero-order chi connectivity index (χ0) is 28.0. The molecule has 2 aromatic carbocycles. The van der Waals surface area contributed by atoms with Gasteiger partial charge in [-0.2, -0.15) is 5.10 Å². The normalized spacial score (nSPS) is 12.8. The minimum Gasteiger partial charge on any atom is -0.481 e. The number of hydrogen-bond acceptors (Lipinski definition) is 8. The van der Waals surface area contributed by atoms with Crippen LogP contribution in [0.15, 0.2) is 53.8 Å². The molecule has 0 saturated heterocycles. The van der Waals surface area contributed by atoms with Crippen LogP contribution in [0, 0.1) is 17.0 Å². The maximum Gasteiger partial charge on any atom is 0.350 e. The summed E-state index contributed by atoms with van der Waals surface area (Å²) in [7, 11) is 1.26. The number of amides is 2. The minimum atomic E-state index is -0.882. The van der Waals surface area contributed by atoms with Gasteiger partial charge in [-0.05, 0) is 69.2 Å². The number of aryl methyl sites for hydroxylation is 1. The average Bonchev–Trinajstić information content (AvgIpc) is 3.33. The van der Waals surface area contributed by atoms with E-state index in [1.165, 1.54) is 14.0 Å². The number of ether oxygens (including phenoxy) is 2. The quantitative estimate of drug-likeness (QED) is 0.220. The third-order valence-electron chi connectivity index (χ3n) is 5.56. The Hall–Kier alpha value is -4.45. The Bertz CT molecular complexity index is 1370. The van der Waals surface area contributed by atoms with Crippen molar-refractivity contribution in [3.05, 3.63) is 74.9 Å². The molecular formula is C25H27ClN6O6. The first-order valence-corrected chi connectivity index (χ1v) is 11.8. The summed E-state index contributed by atoms with van der Waals surface area (Å²) in [6.45, 7) is 6.71. The van der Waals surface area contributed by atoms with E-state index in [4.69, 9.17) is 21.1 Å². The maximum atomic E-state index is 12.6. The predicted molar refractivity (Wildman–Crippen MR) is 142 cm³/mol. The maximum absolute atomic E-state index is 12.6. The fraction of sp³-hybridized carbons (Fsp3) is 0.280. The molecule has 3 aromatic rings. The molecule has 2 amide bonds. The Balaban J connectivity index is 1.58. The number of methoxy groups -OCH3 is 1. The van der Waals surface area contributed by atoms with Gasteiger partial charge in [-0.15, -0.1) is 5.10 Å². The standard InChI is InChI=1S/C25H27ClN6O6/c1-14-12-19(26)8-11-22(14)38-17(4)24(34)27-20-9-6-18(7-10-20)15(2)28-29-23(33)16(3)31-13-21(32(35)36)25(30-31)37-5/h6-13,16-17H,1-5H3,(H,27,34)(H,29,33)/b28-15-/t16-,17-/m0/s1. The Morgan fingerprint density at radius 3 is 2.42 bits per heavy atom. The molecule has 38 heavy (non-hydrogen) atoms. The predicted octanol–water partition coefficient (Wildman–Crippen LogP) is 4.27. The molecule has 12 nitrogen and oxygen atoms in total. The molecule has 200 valence electrons. The van der Waals surface area contributed by atoms with Crippen LogP contribution in [-0.4, -0.2) is 45.4 Å². The average molecular weight is 543 g/mol. The smallest absolute Gasteiger partial charge is 0.350 e. The molecule has 0 aliphatic rings. The van der Waals surface area contributed by atoms with Crippen LogP contribution in [-0.2, 0) is 9.59 Å². The molecule has 0 saturated carbocycles. The van der Waals surface area contributed by atoms with Crippen molar-refractivity contribution in [3.63, 3.8) is 0 Å². The van der Waals surface area contributed by atoms with Gasteiger partial charge in [0.2, 0.25) is 0 Å². The van der Waals surface area contributed by atoms with Crippen molar-refractivity contribution < 1.29 is 24.0 Å². The van der Waals surface area contributed by atoms with Crippen LogP contribution < -0.4 is 20.2 Å². The number of carbonyl (C=O) groups excluding carboxylic acids is 2. The molecule has 2 N–H and O–H groups in total. The molecule has 0 bridgehead atoms. The van der Waals surface area contributed by atoms with E-state index in [9.17, 15) is 19.7 Å². The second-order valence-electron chi connectivity index (χ2n) is 8.35. The summed E-state index contributed by atoms with van der Waals surface area (Å²) in [5.41, 5.74) is 4.67. The summed E-state index contributed by atoms with van der Waals surface area (Å²) >= 11 is 5.96. The molecule has 13 heteroatoms. The molecule has 2 atom stereocenters. The Morgan fingerprint density at radius 2 is 1.84 bits per heavy atom. The minimum absolute atomic E-state index is 0.192. The van der Waals surface area contributed by atoms with Crippen LogP contribution in [0.25, 0.3) is 0 Å². The van der Waals surface area contributed by atoms with Crippen molar-refractivity contribution in [2.45, 2.75) is 39.8 Å². The lowest BCUT2D eigenvalue weighted by Gasteiger charge is -2.16. The number of benzene rings is 2. The highest BCUT2D eigenvalue weighted by atomic mass is 35.5. The topological polar surface area (TPSA) is 150 Å². The summed E-state index contributed by atoms with van der Waals surface area (Å²) in [4.78, 5) is 35.5. The Labute approximate surface area is 223 Å². The van der Waals surface area contributed by atoms with E-state index in [0.717, 1.165) is 16.4 Å². The number of carbonyl (C=O) groups is 2. The van der Waals surface area contributed by atoms with Gasteiger partial charge in [0.15, 0.2) is 6.10 Å². The summed E-state index contributed by atoms with van der Waals surface area (Å²) < 4.78 is 11.8. The molecule has 0 unspecified atom stereocenters. The zero-order valence-corrected chi connectivity index (χ0v) is 22.1. The van der Waals surface area contributed by atoms with Gasteiger partial charge < -0.3 is 14.8 Å². The molecule has 0 aliphatic heterocycles. The molecule has 1 aromatic heterocycles. The van der Waals surface area contributed by atoms with Crippen LogP contribution in [0.5, 0.6) is 11.6 Å². The number of rotatable bonds is 10. The molecule has 0 aliphatic carbocycles. The van der Waals surface area contributed by atoms with Gasteiger partial charge in [-0.3, -0.25) is 19.7 Å². The number of hydrazone groups is 1. The highest BCUT2D eigenvalue weighted by Gasteiger charge is 2.25. The largest absolute Gasteiger partial charge is 0.481 e. The molecule has 0 fully saturated rings. The second-order valence-corrected chi connectivity index (χ2v) is 8.78. The molecular weight excluding hydrogens is 516 g/mol. The van der Waals surface area contributed by atoms with E-state index in [0.29, 0.717) is 27.7 Å². The molecule has 0 spiro atoms. The lowest BCUT2D eigenvalue weighted by atomic mass is 10.1. The number of hydrogen-bond donors (Lipinski definition) is 2. The van der Waals surface area contributed by atoms with Crippen molar-refractivity contribution in [1.82, 2.24) is 15.2 Å². The highest BCUT2D eigenvalue weighted by molar-refractivity contribution is 6.30. The van der Waals surface area contributed by atoms with Gasteiger partial charge in [-0.25, -0.2) is 10.1 Å². The summed E-state index contributed by atoms with van der Waals surface area (Å²) in [6, 6.07) is 11.2. The summed E-state index contributed by atoms with van der Waals surface area (Å²) in [5.74, 6) is -0.476. The van der Waals surface area contributed by atoms with E-state index in [1.54, 1.807) is 56.3 Å². The van der Waals surface area contributed by atoms with Crippen LogP contribution in [0.1, 0.15) is 37.9 Å². The number of nitrogens with zero attached hydrogens (tertiary/aromatic N) is 4. The van der Waals surface area contributed by atoms with Crippen LogP contribution in [0.4, 0.5) is 11.4 Å². The van der Waals surface area contributed by atoms with E-state index >= 15 is 0 Å². The Morgan fingerprint density at radius 1 is 1.16 bits per heavy atom. The van der Waals surface area contributed by atoms with Crippen molar-refractivity contribution >= 4 is 40.5 Å². The number of halogens is 1. The van der Waals surface area contributed by atoms with Gasteiger partial charge in [0.25, 0.3) is 11.8 Å². The number of anilines is 1. The van der Waals surface area contributed by atoms with Crippen molar-refractivity contribution in [2.75, 3.05) is 12.4 Å². The summed E-state index contributed by atoms with van der Waals surface area (Å²) in [6.07, 6.45) is 0.376. The number of aromatic nitrogens is 2. The van der Waals surface area contributed by atoms with Crippen LogP contribution in [0.3, 0.4) is 0 Å². The lowest BCUT2D eigenvalue weighted by molar-refractivity contribution is -0.385. The molecule has 1 heterocycles. The first-order valence-electron chi connectivity index (χ1n) is 11.5. The summed E-state index contributed by atoms with van der Waals surface area (Å²) in [5, 5.41) is 22.5. The highest BCUT2D eigenvalue weighted by Crippen LogP contribution is 2.26.